The zero-order chi connectivity index (χ0) is 22.3. The summed E-state index contributed by atoms with van der Waals surface area (Å²) in [6.45, 7) is 5.82. The number of benzene rings is 3. The number of ether oxygens (including phenoxy) is 2. The van der Waals surface area contributed by atoms with Gasteiger partial charge in [-0.25, -0.2) is 4.79 Å². The maximum atomic E-state index is 12.2. The number of hydrogen-bond donors (Lipinski definition) is 0. The van der Waals surface area contributed by atoms with Crippen LogP contribution in [-0.2, 0) is 24.2 Å². The Balaban J connectivity index is 1.69. The molecule has 160 valence electrons. The summed E-state index contributed by atoms with van der Waals surface area (Å²) in [5, 5.41) is 0. The molecular weight excluding hydrogens is 388 g/mol. The third-order valence-electron chi connectivity index (χ3n) is 4.75. The van der Waals surface area contributed by atoms with Gasteiger partial charge in [0, 0.05) is 0 Å². The summed E-state index contributed by atoms with van der Waals surface area (Å²) >= 11 is 0. The molecule has 0 saturated heterocycles. The second-order valence-corrected chi connectivity index (χ2v) is 8.43. The highest BCUT2D eigenvalue weighted by Gasteiger charge is 2.17. The van der Waals surface area contributed by atoms with Crippen molar-refractivity contribution in [2.45, 2.75) is 45.8 Å². The van der Waals surface area contributed by atoms with Gasteiger partial charge < -0.3 is 9.47 Å². The van der Waals surface area contributed by atoms with E-state index in [1.54, 1.807) is 18.2 Å². The van der Waals surface area contributed by atoms with Gasteiger partial charge in [-0.15, -0.1) is 0 Å². The summed E-state index contributed by atoms with van der Waals surface area (Å²) in [5.41, 5.74) is 3.64. The van der Waals surface area contributed by atoms with Crippen LogP contribution in [0.4, 0.5) is 0 Å². The minimum absolute atomic E-state index is 0.303. The van der Waals surface area contributed by atoms with Crippen LogP contribution in [0.1, 0.15) is 58.2 Å². The number of aldehydes is 1. The second-order valence-electron chi connectivity index (χ2n) is 8.43. The van der Waals surface area contributed by atoms with E-state index in [2.05, 4.69) is 12.1 Å². The van der Waals surface area contributed by atoms with E-state index in [4.69, 9.17) is 9.47 Å². The fraction of sp³-hybridized carbons (Fsp3) is 0.259. The highest BCUT2D eigenvalue weighted by Crippen LogP contribution is 2.26. The molecule has 0 unspecified atom stereocenters. The normalized spacial score (nSPS) is 11.1. The number of hydrogen-bond acceptors (Lipinski definition) is 4. The molecule has 3 aromatic rings. The summed E-state index contributed by atoms with van der Waals surface area (Å²) in [7, 11) is 0. The van der Waals surface area contributed by atoms with Gasteiger partial charge in [0.15, 0.2) is 6.29 Å². The topological polar surface area (TPSA) is 52.6 Å². The SMILES string of the molecule is CC(C)(C)OC(=O)c1ccc(COc2c(C=O)cccc2CCc2ccccc2)cc1. The zero-order valence-corrected chi connectivity index (χ0v) is 18.3. The number of aryl methyl sites for hydroxylation is 2. The third kappa shape index (κ3) is 6.54. The molecular formula is C27H28O4. The molecule has 0 saturated carbocycles. The van der Waals surface area contributed by atoms with Crippen molar-refractivity contribution in [3.8, 4) is 5.75 Å². The van der Waals surface area contributed by atoms with Crippen molar-refractivity contribution in [2.75, 3.05) is 0 Å². The van der Waals surface area contributed by atoms with Gasteiger partial charge in [0.25, 0.3) is 0 Å². The molecule has 4 heteroatoms. The van der Waals surface area contributed by atoms with Gasteiger partial charge in [-0.1, -0.05) is 54.6 Å². The molecule has 0 aliphatic carbocycles. The minimum Gasteiger partial charge on any atom is -0.488 e. The van der Waals surface area contributed by atoms with Crippen LogP contribution >= 0.6 is 0 Å². The Labute approximate surface area is 183 Å². The maximum Gasteiger partial charge on any atom is 0.338 e. The lowest BCUT2D eigenvalue weighted by molar-refractivity contribution is 0.00694. The summed E-state index contributed by atoms with van der Waals surface area (Å²) in [6.07, 6.45) is 2.47. The van der Waals surface area contributed by atoms with Gasteiger partial charge in [0.05, 0.1) is 11.1 Å². The van der Waals surface area contributed by atoms with E-state index in [1.807, 2.05) is 63.2 Å². The van der Waals surface area contributed by atoms with Crippen molar-refractivity contribution in [3.05, 3.63) is 101 Å². The Morgan fingerprint density at radius 3 is 2.19 bits per heavy atom. The third-order valence-corrected chi connectivity index (χ3v) is 4.75. The highest BCUT2D eigenvalue weighted by atomic mass is 16.6. The molecule has 0 aliphatic rings. The highest BCUT2D eigenvalue weighted by molar-refractivity contribution is 5.89. The molecule has 3 rings (SSSR count). The van der Waals surface area contributed by atoms with E-state index in [9.17, 15) is 9.59 Å². The van der Waals surface area contributed by atoms with E-state index < -0.39 is 5.60 Å². The fourth-order valence-corrected chi connectivity index (χ4v) is 3.22. The lowest BCUT2D eigenvalue weighted by Gasteiger charge is -2.19. The molecule has 31 heavy (non-hydrogen) atoms. The number of esters is 1. The lowest BCUT2D eigenvalue weighted by Crippen LogP contribution is -2.23. The van der Waals surface area contributed by atoms with E-state index in [-0.39, 0.29) is 5.97 Å². The minimum atomic E-state index is -0.534. The Morgan fingerprint density at radius 2 is 1.55 bits per heavy atom. The van der Waals surface area contributed by atoms with Gasteiger partial charge in [0.2, 0.25) is 0 Å². The first kappa shape index (κ1) is 22.3. The molecule has 0 N–H and O–H groups in total. The smallest absolute Gasteiger partial charge is 0.338 e. The Morgan fingerprint density at radius 1 is 0.839 bits per heavy atom. The first-order chi connectivity index (χ1) is 14.9. The van der Waals surface area contributed by atoms with Crippen LogP contribution < -0.4 is 4.74 Å². The standard InChI is InChI=1S/C27H28O4/c1-27(2,3)31-26(29)23-16-13-21(14-17-23)19-30-25-22(10-7-11-24(25)18-28)15-12-20-8-5-4-6-9-20/h4-11,13-14,16-18H,12,15,19H2,1-3H3. The quantitative estimate of drug-likeness (QED) is 0.343. The molecule has 0 atom stereocenters. The summed E-state index contributed by atoms with van der Waals surface area (Å²) in [4.78, 5) is 23.7. The van der Waals surface area contributed by atoms with E-state index in [0.717, 1.165) is 30.3 Å². The number of rotatable bonds is 8. The van der Waals surface area contributed by atoms with Gasteiger partial charge >= 0.3 is 5.97 Å². The molecule has 4 nitrogen and oxygen atoms in total. The van der Waals surface area contributed by atoms with E-state index in [0.29, 0.717) is 23.5 Å². The van der Waals surface area contributed by atoms with Crippen LogP contribution in [0.15, 0.2) is 72.8 Å². The van der Waals surface area contributed by atoms with Crippen LogP contribution in [-0.4, -0.2) is 17.9 Å². The van der Waals surface area contributed by atoms with E-state index in [1.165, 1.54) is 5.56 Å². The summed E-state index contributed by atoms with van der Waals surface area (Å²) < 4.78 is 11.5. The van der Waals surface area contributed by atoms with Gasteiger partial charge in [0.1, 0.15) is 18.0 Å². The van der Waals surface area contributed by atoms with E-state index >= 15 is 0 Å². The van der Waals surface area contributed by atoms with Gasteiger partial charge in [-0.05, 0) is 68.5 Å². The van der Waals surface area contributed by atoms with Crippen molar-refractivity contribution < 1.29 is 19.1 Å². The van der Waals surface area contributed by atoms with Crippen LogP contribution in [0, 0.1) is 0 Å². The predicted molar refractivity (Wildman–Crippen MR) is 122 cm³/mol. The molecule has 0 fully saturated rings. The molecule has 0 heterocycles. The fourth-order valence-electron chi connectivity index (χ4n) is 3.22. The van der Waals surface area contributed by atoms with Crippen molar-refractivity contribution in [3.63, 3.8) is 0 Å². The van der Waals surface area contributed by atoms with Crippen molar-refractivity contribution in [2.24, 2.45) is 0 Å². The monoisotopic (exact) mass is 416 g/mol. The van der Waals surface area contributed by atoms with Crippen molar-refractivity contribution in [1.82, 2.24) is 0 Å². The first-order valence-corrected chi connectivity index (χ1v) is 10.4. The number of carbonyl (C=O) groups excluding carboxylic acids is 2. The summed E-state index contributed by atoms with van der Waals surface area (Å²) in [5.74, 6) is 0.263. The Hall–Kier alpha value is -3.40. The van der Waals surface area contributed by atoms with Gasteiger partial charge in [-0.3, -0.25) is 4.79 Å². The Kier molecular flexibility index (Phi) is 7.24. The van der Waals surface area contributed by atoms with Crippen molar-refractivity contribution >= 4 is 12.3 Å². The molecule has 0 spiro atoms. The van der Waals surface area contributed by atoms with Gasteiger partial charge in [-0.2, -0.15) is 0 Å². The number of para-hydroxylation sites is 1. The maximum absolute atomic E-state index is 12.2. The molecule has 0 aliphatic heterocycles. The lowest BCUT2D eigenvalue weighted by atomic mass is 10.0. The van der Waals surface area contributed by atoms with Crippen LogP contribution in [0.3, 0.4) is 0 Å². The van der Waals surface area contributed by atoms with Crippen LogP contribution in [0.5, 0.6) is 5.75 Å². The van der Waals surface area contributed by atoms with Crippen LogP contribution in [0.25, 0.3) is 0 Å². The molecule has 0 amide bonds. The molecule has 0 bridgehead atoms. The van der Waals surface area contributed by atoms with Crippen molar-refractivity contribution in [1.29, 1.82) is 0 Å². The zero-order valence-electron chi connectivity index (χ0n) is 18.3. The largest absolute Gasteiger partial charge is 0.488 e. The molecule has 3 aromatic carbocycles. The average Bonchev–Trinajstić information content (AvgIpc) is 2.76. The second kappa shape index (κ2) is 10.1. The first-order valence-electron chi connectivity index (χ1n) is 10.4. The summed E-state index contributed by atoms with van der Waals surface area (Å²) in [6, 6.07) is 23.0. The average molecular weight is 417 g/mol. The molecule has 0 radical (unpaired) electrons. The van der Waals surface area contributed by atoms with Crippen LogP contribution in [0.2, 0.25) is 0 Å². The Bertz CT molecular complexity index is 1020. The molecule has 0 aromatic heterocycles. The number of carbonyl (C=O) groups is 2. The predicted octanol–water partition coefficient (Wildman–Crippen LogP) is 5.82.